The highest BCUT2D eigenvalue weighted by atomic mass is 16.2. The van der Waals surface area contributed by atoms with Gasteiger partial charge in [-0.1, -0.05) is 29.8 Å². The van der Waals surface area contributed by atoms with Gasteiger partial charge in [-0.3, -0.25) is 0 Å². The maximum absolute atomic E-state index is 11.6. The molecule has 0 radical (unpaired) electrons. The number of rotatable bonds is 3. The minimum atomic E-state index is -0.293. The van der Waals surface area contributed by atoms with Gasteiger partial charge in [0, 0.05) is 17.6 Å². The van der Waals surface area contributed by atoms with E-state index in [4.69, 9.17) is 5.73 Å². The van der Waals surface area contributed by atoms with Crippen molar-refractivity contribution in [2.75, 3.05) is 11.1 Å². The van der Waals surface area contributed by atoms with Crippen LogP contribution in [0.1, 0.15) is 11.1 Å². The normalized spacial score (nSPS) is 10.4. The number of nitrogen functional groups attached to an aromatic ring is 1. The molecule has 0 spiro atoms. The number of benzene rings is 2. The molecule has 2 rings (SSSR count). The molecule has 4 N–H and O–H groups in total. The highest BCUT2D eigenvalue weighted by molar-refractivity contribution is 5.90. The fraction of sp³-hybridized carbons (Fsp3) is 0.0625. The molecule has 4 nitrogen and oxygen atoms in total. The van der Waals surface area contributed by atoms with Gasteiger partial charge < -0.3 is 16.4 Å². The fourth-order valence-electron chi connectivity index (χ4n) is 1.72. The first-order valence-electron chi connectivity index (χ1n) is 6.30. The van der Waals surface area contributed by atoms with E-state index in [1.54, 1.807) is 30.5 Å². The molecule has 102 valence electrons. The van der Waals surface area contributed by atoms with Crippen molar-refractivity contribution < 1.29 is 4.79 Å². The first kappa shape index (κ1) is 13.7. The second-order valence-electron chi connectivity index (χ2n) is 4.47. The quantitative estimate of drug-likeness (QED) is 0.746. The lowest BCUT2D eigenvalue weighted by Gasteiger charge is -2.04. The summed E-state index contributed by atoms with van der Waals surface area (Å²) in [6.07, 6.45) is 3.46. The van der Waals surface area contributed by atoms with Gasteiger partial charge in [0.1, 0.15) is 0 Å². The summed E-state index contributed by atoms with van der Waals surface area (Å²) in [5.41, 5.74) is 9.15. The van der Waals surface area contributed by atoms with Crippen LogP contribution >= 0.6 is 0 Å². The van der Waals surface area contributed by atoms with Crippen LogP contribution in [0.2, 0.25) is 0 Å². The van der Waals surface area contributed by atoms with E-state index in [1.165, 1.54) is 5.56 Å². The van der Waals surface area contributed by atoms with E-state index in [9.17, 15) is 4.79 Å². The van der Waals surface area contributed by atoms with Gasteiger partial charge in [0.05, 0.1) is 0 Å². The number of amides is 2. The number of hydrogen-bond acceptors (Lipinski definition) is 2. The number of anilines is 2. The zero-order valence-electron chi connectivity index (χ0n) is 11.3. The molecule has 0 aromatic heterocycles. The van der Waals surface area contributed by atoms with Crippen molar-refractivity contribution in [1.29, 1.82) is 0 Å². The summed E-state index contributed by atoms with van der Waals surface area (Å²) in [5.74, 6) is 0. The summed E-state index contributed by atoms with van der Waals surface area (Å²) in [5, 5.41) is 5.36. The molecule has 2 aromatic rings. The van der Waals surface area contributed by atoms with Crippen molar-refractivity contribution in [2.24, 2.45) is 0 Å². The predicted molar refractivity (Wildman–Crippen MR) is 83.2 cm³/mol. The van der Waals surface area contributed by atoms with E-state index >= 15 is 0 Å². The summed E-state index contributed by atoms with van der Waals surface area (Å²) in [7, 11) is 0. The molecule has 0 bridgehead atoms. The zero-order chi connectivity index (χ0) is 14.4. The monoisotopic (exact) mass is 267 g/mol. The summed E-state index contributed by atoms with van der Waals surface area (Å²) in [6, 6.07) is 14.7. The van der Waals surface area contributed by atoms with Gasteiger partial charge >= 0.3 is 6.03 Å². The smallest absolute Gasteiger partial charge is 0.323 e. The molecule has 0 saturated heterocycles. The van der Waals surface area contributed by atoms with Crippen molar-refractivity contribution in [3.05, 3.63) is 65.9 Å². The molecule has 4 heteroatoms. The van der Waals surface area contributed by atoms with Crippen molar-refractivity contribution in [3.8, 4) is 0 Å². The summed E-state index contributed by atoms with van der Waals surface area (Å²) < 4.78 is 0. The number of aryl methyl sites for hydroxylation is 1. The van der Waals surface area contributed by atoms with E-state index in [0.29, 0.717) is 11.4 Å². The van der Waals surface area contributed by atoms with E-state index < -0.39 is 0 Å². The van der Waals surface area contributed by atoms with Gasteiger partial charge in [-0.05, 0) is 42.8 Å². The van der Waals surface area contributed by atoms with Crippen molar-refractivity contribution in [2.45, 2.75) is 6.92 Å². The largest absolute Gasteiger partial charge is 0.399 e. The average molecular weight is 267 g/mol. The Labute approximate surface area is 118 Å². The third kappa shape index (κ3) is 4.17. The Bertz CT molecular complexity index is 618. The molecule has 0 saturated carbocycles. The molecule has 20 heavy (non-hydrogen) atoms. The van der Waals surface area contributed by atoms with Gasteiger partial charge in [-0.25, -0.2) is 4.79 Å². The van der Waals surface area contributed by atoms with Crippen LogP contribution in [0.15, 0.2) is 54.7 Å². The number of carbonyl (C=O) groups excluding carboxylic acids is 1. The molecule has 0 fully saturated rings. The van der Waals surface area contributed by atoms with Crippen LogP contribution in [0.25, 0.3) is 6.08 Å². The lowest BCUT2D eigenvalue weighted by Crippen LogP contribution is -2.23. The SMILES string of the molecule is Cc1cccc(/C=C/NC(=O)Nc2ccc(N)cc2)c1. The minimum Gasteiger partial charge on any atom is -0.399 e. The number of nitrogens with two attached hydrogens (primary N) is 1. The van der Waals surface area contributed by atoms with Crippen LogP contribution in [0.4, 0.5) is 16.2 Å². The van der Waals surface area contributed by atoms with Crippen LogP contribution in [-0.4, -0.2) is 6.03 Å². The van der Waals surface area contributed by atoms with Crippen molar-refractivity contribution in [3.63, 3.8) is 0 Å². The Morgan fingerprint density at radius 3 is 2.60 bits per heavy atom. The molecular formula is C16H17N3O. The highest BCUT2D eigenvalue weighted by Crippen LogP contribution is 2.10. The van der Waals surface area contributed by atoms with Crippen molar-refractivity contribution >= 4 is 23.5 Å². The lowest BCUT2D eigenvalue weighted by molar-refractivity contribution is 0.255. The number of carbonyl (C=O) groups is 1. The second-order valence-corrected chi connectivity index (χ2v) is 4.47. The maximum Gasteiger partial charge on any atom is 0.323 e. The van der Waals surface area contributed by atoms with Crippen molar-refractivity contribution in [1.82, 2.24) is 5.32 Å². The predicted octanol–water partition coefficient (Wildman–Crippen LogP) is 3.37. The van der Waals surface area contributed by atoms with Gasteiger partial charge in [0.2, 0.25) is 0 Å². The number of hydrogen-bond donors (Lipinski definition) is 3. The molecule has 2 aromatic carbocycles. The molecule has 0 unspecified atom stereocenters. The van der Waals surface area contributed by atoms with Gasteiger partial charge in [0.15, 0.2) is 0 Å². The van der Waals surface area contributed by atoms with E-state index in [2.05, 4.69) is 10.6 Å². The molecule has 0 aliphatic carbocycles. The van der Waals surface area contributed by atoms with Gasteiger partial charge in [0.25, 0.3) is 0 Å². The molecule has 0 aliphatic heterocycles. The summed E-state index contributed by atoms with van der Waals surface area (Å²) >= 11 is 0. The first-order valence-corrected chi connectivity index (χ1v) is 6.30. The summed E-state index contributed by atoms with van der Waals surface area (Å²) in [4.78, 5) is 11.6. The Kier molecular flexibility index (Phi) is 4.39. The van der Waals surface area contributed by atoms with Crippen LogP contribution in [-0.2, 0) is 0 Å². The number of nitrogens with one attached hydrogen (secondary N) is 2. The second kappa shape index (κ2) is 6.43. The molecule has 0 heterocycles. The molecular weight excluding hydrogens is 250 g/mol. The van der Waals surface area contributed by atoms with Crippen LogP contribution < -0.4 is 16.4 Å². The number of urea groups is 1. The Morgan fingerprint density at radius 1 is 1.15 bits per heavy atom. The van der Waals surface area contributed by atoms with E-state index in [-0.39, 0.29) is 6.03 Å². The molecule has 0 aliphatic rings. The van der Waals surface area contributed by atoms with Gasteiger partial charge in [-0.15, -0.1) is 0 Å². The summed E-state index contributed by atoms with van der Waals surface area (Å²) in [6.45, 7) is 2.03. The van der Waals surface area contributed by atoms with E-state index in [1.807, 2.05) is 37.3 Å². The fourth-order valence-corrected chi connectivity index (χ4v) is 1.72. The minimum absolute atomic E-state index is 0.293. The Hall–Kier alpha value is -2.75. The highest BCUT2D eigenvalue weighted by Gasteiger charge is 1.98. The van der Waals surface area contributed by atoms with Crippen LogP contribution in [0.5, 0.6) is 0 Å². The molecule has 0 atom stereocenters. The Morgan fingerprint density at radius 2 is 1.90 bits per heavy atom. The lowest BCUT2D eigenvalue weighted by atomic mass is 10.1. The zero-order valence-corrected chi connectivity index (χ0v) is 11.3. The average Bonchev–Trinajstić information content (AvgIpc) is 2.41. The maximum atomic E-state index is 11.6. The van der Waals surface area contributed by atoms with Gasteiger partial charge in [-0.2, -0.15) is 0 Å². The topological polar surface area (TPSA) is 67.2 Å². The third-order valence-electron chi connectivity index (χ3n) is 2.70. The van der Waals surface area contributed by atoms with Crippen LogP contribution in [0, 0.1) is 6.92 Å². The first-order chi connectivity index (χ1) is 9.63. The standard InChI is InChI=1S/C16H17N3O/c1-12-3-2-4-13(11-12)9-10-18-16(20)19-15-7-5-14(17)6-8-15/h2-11H,17H2,1H3,(H2,18,19,20)/b10-9+. The Balaban J connectivity index is 1.87. The van der Waals surface area contributed by atoms with Crippen LogP contribution in [0.3, 0.4) is 0 Å². The van der Waals surface area contributed by atoms with E-state index in [0.717, 1.165) is 5.56 Å². The molecule has 2 amide bonds. The third-order valence-corrected chi connectivity index (χ3v) is 2.70.